The first-order valence-electron chi connectivity index (χ1n) is 8.91. The number of anilines is 2. The molecule has 2 heterocycles. The Balaban J connectivity index is 1.65. The molecule has 1 fully saturated rings. The van der Waals surface area contributed by atoms with Crippen molar-refractivity contribution in [3.63, 3.8) is 0 Å². The van der Waals surface area contributed by atoms with Crippen LogP contribution >= 0.6 is 22.9 Å². The van der Waals surface area contributed by atoms with E-state index in [1.165, 1.54) is 4.88 Å². The molecule has 146 valence electrons. The zero-order valence-corrected chi connectivity index (χ0v) is 17.1. The van der Waals surface area contributed by atoms with Crippen molar-refractivity contribution in [3.05, 3.63) is 45.6 Å². The third-order valence-electron chi connectivity index (χ3n) is 4.51. The minimum absolute atomic E-state index is 0.133. The fourth-order valence-corrected chi connectivity index (χ4v) is 4.16. The molecule has 27 heavy (non-hydrogen) atoms. The van der Waals surface area contributed by atoms with E-state index in [1.807, 2.05) is 37.7 Å². The minimum atomic E-state index is -0.241. The number of hydrogen-bond acceptors (Lipinski definition) is 5. The first kappa shape index (κ1) is 19.9. The minimum Gasteiger partial charge on any atom is -0.378 e. The lowest BCUT2D eigenvalue weighted by Gasteiger charge is -2.30. The van der Waals surface area contributed by atoms with Gasteiger partial charge in [-0.1, -0.05) is 17.7 Å². The van der Waals surface area contributed by atoms with E-state index in [9.17, 15) is 4.79 Å². The summed E-state index contributed by atoms with van der Waals surface area (Å²) in [5, 5.41) is 8.57. The van der Waals surface area contributed by atoms with Crippen LogP contribution in [-0.4, -0.2) is 57.9 Å². The number of morpholine rings is 1. The van der Waals surface area contributed by atoms with Crippen LogP contribution in [0.2, 0.25) is 5.02 Å². The Labute approximate surface area is 169 Å². The molecule has 1 aliphatic rings. The molecule has 1 saturated heterocycles. The Morgan fingerprint density at radius 3 is 2.78 bits per heavy atom. The van der Waals surface area contributed by atoms with Crippen molar-refractivity contribution in [2.24, 2.45) is 0 Å². The van der Waals surface area contributed by atoms with E-state index in [4.69, 9.17) is 16.3 Å². The summed E-state index contributed by atoms with van der Waals surface area (Å²) in [7, 11) is 4.02. The van der Waals surface area contributed by atoms with Crippen LogP contribution in [0.5, 0.6) is 0 Å². The SMILES string of the molecule is CN(C)C(CNC(=O)Nc1cc(Cl)ccc1N1CCOCC1)c1cccs1. The maximum absolute atomic E-state index is 12.5. The van der Waals surface area contributed by atoms with Crippen LogP contribution in [0.3, 0.4) is 0 Å². The normalized spacial score (nSPS) is 15.6. The highest BCUT2D eigenvalue weighted by Gasteiger charge is 2.19. The summed E-state index contributed by atoms with van der Waals surface area (Å²) in [6.07, 6.45) is 0. The predicted molar refractivity (Wildman–Crippen MR) is 112 cm³/mol. The lowest BCUT2D eigenvalue weighted by molar-refractivity contribution is 0.123. The van der Waals surface area contributed by atoms with Gasteiger partial charge in [-0.2, -0.15) is 0 Å². The van der Waals surface area contributed by atoms with E-state index in [1.54, 1.807) is 17.4 Å². The van der Waals surface area contributed by atoms with Gasteiger partial charge < -0.3 is 25.2 Å². The zero-order chi connectivity index (χ0) is 19.2. The fourth-order valence-electron chi connectivity index (χ4n) is 3.06. The molecule has 2 N–H and O–H groups in total. The van der Waals surface area contributed by atoms with E-state index >= 15 is 0 Å². The summed E-state index contributed by atoms with van der Waals surface area (Å²) in [6.45, 7) is 3.46. The molecule has 6 nitrogen and oxygen atoms in total. The first-order valence-corrected chi connectivity index (χ1v) is 10.2. The Morgan fingerprint density at radius 1 is 1.33 bits per heavy atom. The highest BCUT2D eigenvalue weighted by atomic mass is 35.5. The van der Waals surface area contributed by atoms with Gasteiger partial charge in [-0.25, -0.2) is 4.79 Å². The number of nitrogens with one attached hydrogen (secondary N) is 2. The largest absolute Gasteiger partial charge is 0.378 e. The van der Waals surface area contributed by atoms with Crippen LogP contribution in [0.1, 0.15) is 10.9 Å². The summed E-state index contributed by atoms with van der Waals surface area (Å²) < 4.78 is 5.42. The van der Waals surface area contributed by atoms with Gasteiger partial charge in [-0.05, 0) is 43.7 Å². The van der Waals surface area contributed by atoms with Crippen molar-refractivity contribution in [2.45, 2.75) is 6.04 Å². The van der Waals surface area contributed by atoms with Gasteiger partial charge in [0.1, 0.15) is 0 Å². The predicted octanol–water partition coefficient (Wildman–Crippen LogP) is 3.66. The van der Waals surface area contributed by atoms with Crippen molar-refractivity contribution < 1.29 is 9.53 Å². The van der Waals surface area contributed by atoms with E-state index in [2.05, 4.69) is 26.5 Å². The number of thiophene rings is 1. The van der Waals surface area contributed by atoms with Crippen LogP contribution < -0.4 is 15.5 Å². The highest BCUT2D eigenvalue weighted by Crippen LogP contribution is 2.30. The van der Waals surface area contributed by atoms with Crippen LogP contribution in [0.25, 0.3) is 0 Å². The topological polar surface area (TPSA) is 56.8 Å². The maximum Gasteiger partial charge on any atom is 0.319 e. The monoisotopic (exact) mass is 408 g/mol. The smallest absolute Gasteiger partial charge is 0.319 e. The van der Waals surface area contributed by atoms with Gasteiger partial charge in [0.15, 0.2) is 0 Å². The van der Waals surface area contributed by atoms with Gasteiger partial charge >= 0.3 is 6.03 Å². The molecule has 1 atom stereocenters. The van der Waals surface area contributed by atoms with Gasteiger partial charge in [0.25, 0.3) is 0 Å². The van der Waals surface area contributed by atoms with Crippen LogP contribution in [0, 0.1) is 0 Å². The third kappa shape index (κ3) is 5.35. The van der Waals surface area contributed by atoms with Crippen LogP contribution in [0.4, 0.5) is 16.2 Å². The molecule has 1 aromatic carbocycles. The van der Waals surface area contributed by atoms with Crippen molar-refractivity contribution in [3.8, 4) is 0 Å². The quantitative estimate of drug-likeness (QED) is 0.765. The van der Waals surface area contributed by atoms with Crippen molar-refractivity contribution in [1.29, 1.82) is 0 Å². The fraction of sp³-hybridized carbons (Fsp3) is 0.421. The summed E-state index contributed by atoms with van der Waals surface area (Å²) in [5.41, 5.74) is 1.67. The molecule has 2 aromatic rings. The molecular weight excluding hydrogens is 384 g/mol. The molecule has 1 unspecified atom stereocenters. The zero-order valence-electron chi connectivity index (χ0n) is 15.6. The number of hydrogen-bond donors (Lipinski definition) is 2. The van der Waals surface area contributed by atoms with Crippen molar-refractivity contribution >= 4 is 40.3 Å². The van der Waals surface area contributed by atoms with Crippen LogP contribution in [0.15, 0.2) is 35.7 Å². The van der Waals surface area contributed by atoms with E-state index < -0.39 is 0 Å². The standard InChI is InChI=1S/C19H25ClN4O2S/c1-23(2)17(18-4-3-11-27-18)13-21-19(25)22-15-12-14(20)5-6-16(15)24-7-9-26-10-8-24/h3-6,11-12,17H,7-10,13H2,1-2H3,(H2,21,22,25). The first-order chi connectivity index (χ1) is 13.0. The van der Waals surface area contributed by atoms with E-state index in [-0.39, 0.29) is 12.1 Å². The molecule has 8 heteroatoms. The summed E-state index contributed by atoms with van der Waals surface area (Å²) in [4.78, 5) is 18.1. The van der Waals surface area contributed by atoms with Crippen molar-refractivity contribution in [2.75, 3.05) is 57.2 Å². The number of carbonyl (C=O) groups is 1. The van der Waals surface area contributed by atoms with Gasteiger partial charge in [-0.15, -0.1) is 11.3 Å². The van der Waals surface area contributed by atoms with Gasteiger partial charge in [-0.3, -0.25) is 0 Å². The molecule has 0 aliphatic carbocycles. The van der Waals surface area contributed by atoms with E-state index in [0.717, 1.165) is 18.8 Å². The lowest BCUT2D eigenvalue weighted by atomic mass is 10.2. The molecule has 0 radical (unpaired) electrons. The molecule has 0 bridgehead atoms. The number of likely N-dealkylation sites (N-methyl/N-ethyl adjacent to an activating group) is 1. The molecule has 3 rings (SSSR count). The third-order valence-corrected chi connectivity index (χ3v) is 5.72. The number of nitrogens with zero attached hydrogens (tertiary/aromatic N) is 2. The Morgan fingerprint density at radius 2 is 2.11 bits per heavy atom. The van der Waals surface area contributed by atoms with Crippen LogP contribution in [-0.2, 0) is 4.74 Å². The molecule has 1 aliphatic heterocycles. The number of amides is 2. The highest BCUT2D eigenvalue weighted by molar-refractivity contribution is 7.10. The number of ether oxygens (including phenoxy) is 1. The Bertz CT molecular complexity index is 748. The molecule has 0 saturated carbocycles. The summed E-state index contributed by atoms with van der Waals surface area (Å²) >= 11 is 7.84. The summed E-state index contributed by atoms with van der Waals surface area (Å²) in [6, 6.07) is 9.57. The van der Waals surface area contributed by atoms with Gasteiger partial charge in [0, 0.05) is 29.5 Å². The second kappa shape index (κ2) is 9.41. The Kier molecular flexibility index (Phi) is 6.95. The number of benzene rings is 1. The lowest BCUT2D eigenvalue weighted by Crippen LogP contribution is -2.38. The molecule has 0 spiro atoms. The van der Waals surface area contributed by atoms with Gasteiger partial charge in [0.05, 0.1) is 30.6 Å². The number of urea groups is 1. The Hall–Kier alpha value is -1.80. The van der Waals surface area contributed by atoms with Gasteiger partial charge in [0.2, 0.25) is 0 Å². The number of carbonyl (C=O) groups excluding carboxylic acids is 1. The van der Waals surface area contributed by atoms with E-state index in [0.29, 0.717) is 30.5 Å². The number of halogens is 1. The molecular formula is C19H25ClN4O2S. The second-order valence-corrected chi connectivity index (χ2v) is 8.01. The number of rotatable bonds is 6. The second-order valence-electron chi connectivity index (χ2n) is 6.59. The maximum atomic E-state index is 12.5. The molecule has 2 amide bonds. The average molecular weight is 409 g/mol. The summed E-state index contributed by atoms with van der Waals surface area (Å²) in [5.74, 6) is 0. The average Bonchev–Trinajstić information content (AvgIpc) is 3.17. The van der Waals surface area contributed by atoms with Crippen molar-refractivity contribution in [1.82, 2.24) is 10.2 Å². The molecule has 1 aromatic heterocycles.